The van der Waals surface area contributed by atoms with Crippen molar-refractivity contribution in [2.24, 2.45) is 7.05 Å². The van der Waals surface area contributed by atoms with Gasteiger partial charge in [-0.3, -0.25) is 9.48 Å². The molecule has 4 aromatic rings. The minimum atomic E-state index is -0.239. The van der Waals surface area contributed by atoms with Crippen LogP contribution in [0.4, 0.5) is 0 Å². The first-order valence-electron chi connectivity index (χ1n) is 8.56. The van der Waals surface area contributed by atoms with Gasteiger partial charge in [-0.05, 0) is 39.0 Å². The van der Waals surface area contributed by atoms with Gasteiger partial charge in [0.05, 0.1) is 34.6 Å². The normalized spacial score (nSPS) is 12.4. The van der Waals surface area contributed by atoms with Gasteiger partial charge in [-0.25, -0.2) is 4.98 Å². The lowest BCUT2D eigenvalue weighted by Crippen LogP contribution is -2.27. The van der Waals surface area contributed by atoms with Crippen LogP contribution in [0.3, 0.4) is 0 Å². The molecule has 1 amide bonds. The molecule has 0 aliphatic rings. The molecule has 1 atom stereocenters. The Morgan fingerprint density at radius 3 is 2.78 bits per heavy atom. The second-order valence-corrected chi connectivity index (χ2v) is 6.52. The Morgan fingerprint density at radius 2 is 2.11 bits per heavy atom. The highest BCUT2D eigenvalue weighted by molar-refractivity contribution is 6.07. The highest BCUT2D eigenvalue weighted by atomic mass is 16.5. The zero-order chi connectivity index (χ0) is 19.1. The first kappa shape index (κ1) is 17.0. The average molecular weight is 365 g/mol. The number of carbonyl (C=O) groups is 1. The van der Waals surface area contributed by atoms with Crippen LogP contribution in [-0.4, -0.2) is 25.8 Å². The van der Waals surface area contributed by atoms with E-state index in [1.807, 2.05) is 27.1 Å². The number of fused-ring (bicyclic) bond motifs is 1. The lowest BCUT2D eigenvalue weighted by Gasteiger charge is -2.14. The zero-order valence-corrected chi connectivity index (χ0v) is 15.5. The standard InChI is InChI=1S/C19H19N5O3/c1-10(14-9-24(4)22-11(14)2)20-18(25)13-8-15(16-6-5-7-26-16)21-19-17(13)12(3)23-27-19/h5-10H,1-4H3,(H,20,25)/t10-/m1/s1. The summed E-state index contributed by atoms with van der Waals surface area (Å²) >= 11 is 0. The van der Waals surface area contributed by atoms with Gasteiger partial charge in [0, 0.05) is 18.8 Å². The minimum Gasteiger partial charge on any atom is -0.463 e. The fourth-order valence-corrected chi connectivity index (χ4v) is 3.22. The van der Waals surface area contributed by atoms with E-state index in [0.717, 1.165) is 11.3 Å². The third kappa shape index (κ3) is 2.99. The quantitative estimate of drug-likeness (QED) is 0.595. The summed E-state index contributed by atoms with van der Waals surface area (Å²) in [6.07, 6.45) is 3.46. The molecule has 0 spiro atoms. The summed E-state index contributed by atoms with van der Waals surface area (Å²) in [6.45, 7) is 5.63. The van der Waals surface area contributed by atoms with Crippen molar-refractivity contribution < 1.29 is 13.7 Å². The van der Waals surface area contributed by atoms with Gasteiger partial charge in [0.1, 0.15) is 5.69 Å². The number of hydrogen-bond donors (Lipinski definition) is 1. The Labute approximate surface area is 155 Å². The van der Waals surface area contributed by atoms with E-state index >= 15 is 0 Å². The van der Waals surface area contributed by atoms with Gasteiger partial charge >= 0.3 is 0 Å². The first-order chi connectivity index (χ1) is 12.9. The highest BCUT2D eigenvalue weighted by Crippen LogP contribution is 2.28. The molecular weight excluding hydrogens is 346 g/mol. The van der Waals surface area contributed by atoms with Crippen LogP contribution in [0.25, 0.3) is 22.6 Å². The minimum absolute atomic E-state index is 0.207. The Hall–Kier alpha value is -3.42. The van der Waals surface area contributed by atoms with E-state index in [1.54, 1.807) is 36.1 Å². The number of rotatable bonds is 4. The molecule has 8 heteroatoms. The van der Waals surface area contributed by atoms with E-state index in [-0.39, 0.29) is 11.9 Å². The fraction of sp³-hybridized carbons (Fsp3) is 0.263. The van der Waals surface area contributed by atoms with Crippen LogP contribution in [0.1, 0.15) is 40.3 Å². The van der Waals surface area contributed by atoms with Crippen molar-refractivity contribution >= 4 is 17.0 Å². The maximum Gasteiger partial charge on any atom is 0.259 e. The van der Waals surface area contributed by atoms with Crippen molar-refractivity contribution in [3.05, 3.63) is 53.2 Å². The van der Waals surface area contributed by atoms with E-state index in [4.69, 9.17) is 8.94 Å². The summed E-state index contributed by atoms with van der Waals surface area (Å²) < 4.78 is 12.4. The zero-order valence-electron chi connectivity index (χ0n) is 15.5. The van der Waals surface area contributed by atoms with Gasteiger partial charge in [-0.1, -0.05) is 5.16 Å². The molecule has 0 aromatic carbocycles. The van der Waals surface area contributed by atoms with E-state index in [9.17, 15) is 4.79 Å². The van der Waals surface area contributed by atoms with Crippen LogP contribution in [0.15, 0.2) is 39.6 Å². The Balaban J connectivity index is 1.74. The monoisotopic (exact) mass is 365 g/mol. The topological polar surface area (TPSA) is 99.0 Å². The van der Waals surface area contributed by atoms with E-state index < -0.39 is 0 Å². The van der Waals surface area contributed by atoms with Crippen LogP contribution in [-0.2, 0) is 7.05 Å². The molecule has 4 rings (SSSR count). The summed E-state index contributed by atoms with van der Waals surface area (Å²) in [6, 6.07) is 5.03. The van der Waals surface area contributed by atoms with Gasteiger partial charge in [-0.2, -0.15) is 5.10 Å². The van der Waals surface area contributed by atoms with Crippen LogP contribution in [0.2, 0.25) is 0 Å². The third-order valence-electron chi connectivity index (χ3n) is 4.50. The maximum absolute atomic E-state index is 13.1. The SMILES string of the molecule is Cc1nn(C)cc1[C@@H](C)NC(=O)c1cc(-c2ccco2)nc2onc(C)c12. The van der Waals surface area contributed by atoms with Crippen molar-refractivity contribution in [3.8, 4) is 11.5 Å². The van der Waals surface area contributed by atoms with Gasteiger partial charge in [0.25, 0.3) is 11.6 Å². The van der Waals surface area contributed by atoms with Crippen molar-refractivity contribution in [1.29, 1.82) is 0 Å². The summed E-state index contributed by atoms with van der Waals surface area (Å²) in [4.78, 5) is 17.5. The van der Waals surface area contributed by atoms with Crippen molar-refractivity contribution in [1.82, 2.24) is 25.2 Å². The van der Waals surface area contributed by atoms with Gasteiger partial charge < -0.3 is 14.3 Å². The molecule has 0 saturated heterocycles. The van der Waals surface area contributed by atoms with E-state index in [2.05, 4.69) is 20.6 Å². The molecule has 0 saturated carbocycles. The highest BCUT2D eigenvalue weighted by Gasteiger charge is 2.22. The smallest absolute Gasteiger partial charge is 0.259 e. The largest absolute Gasteiger partial charge is 0.463 e. The molecule has 8 nitrogen and oxygen atoms in total. The molecule has 4 heterocycles. The molecule has 138 valence electrons. The molecule has 1 N–H and O–H groups in total. The second kappa shape index (κ2) is 6.39. The first-order valence-corrected chi connectivity index (χ1v) is 8.56. The molecular formula is C19H19N5O3. The van der Waals surface area contributed by atoms with Crippen molar-refractivity contribution in [2.45, 2.75) is 26.8 Å². The number of hydrogen-bond acceptors (Lipinski definition) is 6. The Morgan fingerprint density at radius 1 is 1.30 bits per heavy atom. The number of carbonyl (C=O) groups excluding carboxylic acids is 1. The third-order valence-corrected chi connectivity index (χ3v) is 4.50. The molecule has 0 fully saturated rings. The molecule has 4 aromatic heterocycles. The van der Waals surface area contributed by atoms with E-state index in [0.29, 0.717) is 33.8 Å². The van der Waals surface area contributed by atoms with Crippen LogP contribution in [0.5, 0.6) is 0 Å². The summed E-state index contributed by atoms with van der Waals surface area (Å²) in [5.74, 6) is 0.313. The second-order valence-electron chi connectivity index (χ2n) is 6.52. The van der Waals surface area contributed by atoms with Crippen LogP contribution < -0.4 is 5.32 Å². The summed E-state index contributed by atoms with van der Waals surface area (Å²) in [5.41, 5.74) is 3.71. The van der Waals surface area contributed by atoms with Gasteiger partial charge in [0.2, 0.25) is 0 Å². The molecule has 27 heavy (non-hydrogen) atoms. The predicted molar refractivity (Wildman–Crippen MR) is 98.1 cm³/mol. The molecule has 0 aliphatic carbocycles. The molecule has 0 radical (unpaired) electrons. The van der Waals surface area contributed by atoms with Crippen molar-refractivity contribution in [2.75, 3.05) is 0 Å². The Bertz CT molecular complexity index is 1120. The number of nitrogens with zero attached hydrogens (tertiary/aromatic N) is 4. The number of pyridine rings is 1. The lowest BCUT2D eigenvalue weighted by atomic mass is 10.1. The van der Waals surface area contributed by atoms with Crippen LogP contribution in [0, 0.1) is 13.8 Å². The van der Waals surface area contributed by atoms with Crippen LogP contribution >= 0.6 is 0 Å². The molecule has 0 aliphatic heterocycles. The summed E-state index contributed by atoms with van der Waals surface area (Å²) in [7, 11) is 1.85. The number of aryl methyl sites for hydroxylation is 3. The predicted octanol–water partition coefficient (Wildman–Crippen LogP) is 3.32. The molecule has 0 unspecified atom stereocenters. The maximum atomic E-state index is 13.1. The van der Waals surface area contributed by atoms with Gasteiger partial charge in [-0.15, -0.1) is 0 Å². The molecule has 0 bridgehead atoms. The Kier molecular flexibility index (Phi) is 4.02. The lowest BCUT2D eigenvalue weighted by molar-refractivity contribution is 0.0941. The number of furan rings is 1. The average Bonchev–Trinajstić information content (AvgIpc) is 3.35. The van der Waals surface area contributed by atoms with Gasteiger partial charge in [0.15, 0.2) is 5.76 Å². The number of aromatic nitrogens is 4. The number of nitrogens with one attached hydrogen (secondary N) is 1. The van der Waals surface area contributed by atoms with E-state index in [1.165, 1.54) is 0 Å². The fourth-order valence-electron chi connectivity index (χ4n) is 3.22. The number of amides is 1. The summed E-state index contributed by atoms with van der Waals surface area (Å²) in [5, 5.41) is 11.9. The van der Waals surface area contributed by atoms with Crippen molar-refractivity contribution in [3.63, 3.8) is 0 Å².